The molecule has 0 atom stereocenters. The number of pyridine rings is 2. The Bertz CT molecular complexity index is 892. The second-order valence-electron chi connectivity index (χ2n) is 6.56. The zero-order valence-electron chi connectivity index (χ0n) is 14.3. The van der Waals surface area contributed by atoms with Gasteiger partial charge in [-0.25, -0.2) is 0 Å². The van der Waals surface area contributed by atoms with Gasteiger partial charge < -0.3 is 4.57 Å². The maximum Gasteiger partial charge on any atom is 0.252 e. The van der Waals surface area contributed by atoms with Gasteiger partial charge in [0, 0.05) is 22.9 Å². The van der Waals surface area contributed by atoms with E-state index in [1.807, 2.05) is 19.1 Å². The summed E-state index contributed by atoms with van der Waals surface area (Å²) >= 11 is 3.34. The van der Waals surface area contributed by atoms with E-state index in [9.17, 15) is 9.59 Å². The quantitative estimate of drug-likeness (QED) is 0.789. The standard InChI is InChI=1S/C19H22BrN3O2/c1-14-9-10-23(17(11-14)21-16-5-3-2-4-6-16)19(25)13-22-12-15(20)7-8-18(22)24/h7-12,16H,2-6,13H2,1H3. The highest BCUT2D eigenvalue weighted by molar-refractivity contribution is 9.10. The molecule has 3 rings (SSSR count). The number of halogens is 1. The van der Waals surface area contributed by atoms with Crippen molar-refractivity contribution < 1.29 is 4.79 Å². The van der Waals surface area contributed by atoms with E-state index < -0.39 is 0 Å². The van der Waals surface area contributed by atoms with Crippen molar-refractivity contribution in [1.82, 2.24) is 9.13 Å². The van der Waals surface area contributed by atoms with Gasteiger partial charge in [0.15, 0.2) is 0 Å². The maximum absolute atomic E-state index is 12.8. The first-order valence-electron chi connectivity index (χ1n) is 8.65. The van der Waals surface area contributed by atoms with E-state index in [4.69, 9.17) is 4.99 Å². The molecule has 1 aliphatic carbocycles. The number of hydrogen-bond donors (Lipinski definition) is 0. The van der Waals surface area contributed by atoms with Crippen LogP contribution in [0.4, 0.5) is 0 Å². The molecule has 132 valence electrons. The number of aromatic nitrogens is 2. The molecule has 0 unspecified atom stereocenters. The lowest BCUT2D eigenvalue weighted by Gasteiger charge is -2.18. The van der Waals surface area contributed by atoms with Crippen LogP contribution in [0.3, 0.4) is 0 Å². The van der Waals surface area contributed by atoms with Crippen LogP contribution < -0.4 is 11.0 Å². The zero-order valence-corrected chi connectivity index (χ0v) is 15.9. The van der Waals surface area contributed by atoms with E-state index in [1.54, 1.807) is 23.0 Å². The van der Waals surface area contributed by atoms with Crippen molar-refractivity contribution in [1.29, 1.82) is 0 Å². The summed E-state index contributed by atoms with van der Waals surface area (Å²) < 4.78 is 3.74. The molecule has 0 amide bonds. The summed E-state index contributed by atoms with van der Waals surface area (Å²) in [5, 5.41) is 0. The molecule has 0 N–H and O–H groups in total. The molecular weight excluding hydrogens is 382 g/mol. The predicted octanol–water partition coefficient (Wildman–Crippen LogP) is 3.29. The molecule has 0 aromatic carbocycles. The van der Waals surface area contributed by atoms with Crippen molar-refractivity contribution >= 4 is 21.8 Å². The van der Waals surface area contributed by atoms with Gasteiger partial charge in [0.1, 0.15) is 12.0 Å². The summed E-state index contributed by atoms with van der Waals surface area (Å²) in [6, 6.07) is 7.23. The van der Waals surface area contributed by atoms with E-state index in [2.05, 4.69) is 15.9 Å². The highest BCUT2D eigenvalue weighted by atomic mass is 79.9. The highest BCUT2D eigenvalue weighted by Crippen LogP contribution is 2.19. The second kappa shape index (κ2) is 7.95. The number of aryl methyl sites for hydroxylation is 1. The topological polar surface area (TPSA) is 56.4 Å². The molecule has 2 aromatic heterocycles. The highest BCUT2D eigenvalue weighted by Gasteiger charge is 2.13. The lowest BCUT2D eigenvalue weighted by Crippen LogP contribution is -2.33. The third kappa shape index (κ3) is 4.57. The second-order valence-corrected chi connectivity index (χ2v) is 7.48. The number of rotatable bonds is 3. The molecule has 5 nitrogen and oxygen atoms in total. The van der Waals surface area contributed by atoms with Gasteiger partial charge >= 0.3 is 0 Å². The molecule has 25 heavy (non-hydrogen) atoms. The number of nitrogens with zero attached hydrogens (tertiary/aromatic N) is 3. The molecule has 0 bridgehead atoms. The Morgan fingerprint density at radius 2 is 2.00 bits per heavy atom. The Morgan fingerprint density at radius 3 is 2.76 bits per heavy atom. The molecule has 0 radical (unpaired) electrons. The van der Waals surface area contributed by atoms with E-state index in [0.29, 0.717) is 5.49 Å². The Hall–Kier alpha value is -1.95. The van der Waals surface area contributed by atoms with Crippen LogP contribution in [0.25, 0.3) is 0 Å². The van der Waals surface area contributed by atoms with E-state index in [0.717, 1.165) is 22.9 Å². The van der Waals surface area contributed by atoms with Crippen LogP contribution in [-0.2, 0) is 6.54 Å². The first-order valence-corrected chi connectivity index (χ1v) is 9.44. The fourth-order valence-corrected chi connectivity index (χ4v) is 3.52. The zero-order chi connectivity index (χ0) is 17.8. The van der Waals surface area contributed by atoms with E-state index in [-0.39, 0.29) is 24.1 Å². The van der Waals surface area contributed by atoms with Crippen LogP contribution in [0, 0.1) is 6.92 Å². The van der Waals surface area contributed by atoms with Crippen LogP contribution in [0.1, 0.15) is 42.5 Å². The van der Waals surface area contributed by atoms with Gasteiger partial charge in [-0.2, -0.15) is 0 Å². The van der Waals surface area contributed by atoms with Gasteiger partial charge in [0.2, 0.25) is 0 Å². The Morgan fingerprint density at radius 1 is 1.24 bits per heavy atom. The smallest absolute Gasteiger partial charge is 0.252 e. The van der Waals surface area contributed by atoms with Gasteiger partial charge in [-0.3, -0.25) is 19.1 Å². The van der Waals surface area contributed by atoms with Crippen LogP contribution in [0.2, 0.25) is 0 Å². The van der Waals surface area contributed by atoms with Crippen molar-refractivity contribution in [2.45, 2.75) is 51.6 Å². The third-order valence-electron chi connectivity index (χ3n) is 4.50. The minimum absolute atomic E-state index is 0.0147. The average Bonchev–Trinajstić information content (AvgIpc) is 2.59. The maximum atomic E-state index is 12.8. The minimum atomic E-state index is -0.199. The normalized spacial score (nSPS) is 16.2. The van der Waals surface area contributed by atoms with E-state index >= 15 is 0 Å². The van der Waals surface area contributed by atoms with Crippen molar-refractivity contribution in [2.24, 2.45) is 4.99 Å². The molecule has 0 aliphatic heterocycles. The van der Waals surface area contributed by atoms with Gasteiger partial charge in [-0.1, -0.05) is 19.3 Å². The lowest BCUT2D eigenvalue weighted by atomic mass is 9.96. The fraction of sp³-hybridized carbons (Fsp3) is 0.421. The lowest BCUT2D eigenvalue weighted by molar-refractivity contribution is 0.0883. The number of carbonyl (C=O) groups excluding carboxylic acids is 1. The Labute approximate surface area is 155 Å². The first kappa shape index (κ1) is 17.9. The van der Waals surface area contributed by atoms with Gasteiger partial charge in [-0.05, 0) is 59.5 Å². The summed E-state index contributed by atoms with van der Waals surface area (Å²) in [7, 11) is 0. The molecule has 2 heterocycles. The van der Waals surface area contributed by atoms with E-state index in [1.165, 1.54) is 29.9 Å². The van der Waals surface area contributed by atoms with Gasteiger partial charge in [-0.15, -0.1) is 0 Å². The third-order valence-corrected chi connectivity index (χ3v) is 4.97. The van der Waals surface area contributed by atoms with Gasteiger partial charge in [0.05, 0.1) is 6.04 Å². The monoisotopic (exact) mass is 403 g/mol. The van der Waals surface area contributed by atoms with Crippen molar-refractivity contribution in [3.8, 4) is 0 Å². The largest absolute Gasteiger partial charge is 0.305 e. The predicted molar refractivity (Wildman–Crippen MR) is 101 cm³/mol. The van der Waals surface area contributed by atoms with Crippen LogP contribution in [0.5, 0.6) is 0 Å². The summed E-state index contributed by atoms with van der Waals surface area (Å²) in [5.74, 6) is -0.172. The van der Waals surface area contributed by atoms with Crippen molar-refractivity contribution in [2.75, 3.05) is 0 Å². The van der Waals surface area contributed by atoms with Crippen molar-refractivity contribution in [3.05, 3.63) is 62.5 Å². The van der Waals surface area contributed by atoms with Crippen LogP contribution in [-0.4, -0.2) is 21.1 Å². The average molecular weight is 404 g/mol. The molecular formula is C19H22BrN3O2. The summed E-state index contributed by atoms with van der Waals surface area (Å²) in [5.41, 5.74) is 1.55. The minimum Gasteiger partial charge on any atom is -0.305 e. The molecule has 1 aliphatic rings. The van der Waals surface area contributed by atoms with Gasteiger partial charge in [0.25, 0.3) is 11.5 Å². The summed E-state index contributed by atoms with van der Waals surface area (Å²) in [6.45, 7) is 1.98. The SMILES string of the molecule is Cc1ccn(C(=O)Cn2cc(Br)ccc2=O)c(=NC2CCCCC2)c1. The number of hydrogen-bond acceptors (Lipinski definition) is 3. The number of carbonyl (C=O) groups is 1. The molecule has 0 saturated heterocycles. The summed E-state index contributed by atoms with van der Waals surface area (Å²) in [4.78, 5) is 29.6. The molecule has 1 fully saturated rings. The molecule has 0 spiro atoms. The Balaban J connectivity index is 1.93. The van der Waals surface area contributed by atoms with Crippen molar-refractivity contribution in [3.63, 3.8) is 0 Å². The fourth-order valence-electron chi connectivity index (χ4n) is 3.14. The molecule has 1 saturated carbocycles. The first-order chi connectivity index (χ1) is 12.0. The Kier molecular flexibility index (Phi) is 5.68. The molecule has 2 aromatic rings. The van der Waals surface area contributed by atoms with Crippen LogP contribution >= 0.6 is 15.9 Å². The molecule has 6 heteroatoms. The summed E-state index contributed by atoms with van der Waals surface area (Å²) in [6.07, 6.45) is 9.20. The van der Waals surface area contributed by atoms with Crippen LogP contribution in [0.15, 0.2) is 50.9 Å².